The van der Waals surface area contributed by atoms with Crippen LogP contribution in [-0.2, 0) is 0 Å². The molecule has 2 aromatic rings. The van der Waals surface area contributed by atoms with Crippen molar-refractivity contribution in [2.75, 3.05) is 12.8 Å². The van der Waals surface area contributed by atoms with Crippen molar-refractivity contribution < 1.29 is 13.9 Å². The van der Waals surface area contributed by atoms with E-state index in [2.05, 4.69) is 15.9 Å². The Kier molecular flexibility index (Phi) is 3.85. The first-order valence-corrected chi connectivity index (χ1v) is 6.25. The first kappa shape index (κ1) is 13.5. The maximum atomic E-state index is 13.8. The fraction of sp³-hybridized carbons (Fsp3) is 0.0714. The lowest BCUT2D eigenvalue weighted by Crippen LogP contribution is -2.05. The Morgan fingerprint density at radius 1 is 1.26 bits per heavy atom. The van der Waals surface area contributed by atoms with Crippen LogP contribution >= 0.6 is 15.9 Å². The predicted octanol–water partition coefficient (Wildman–Crippen LogP) is 3.41. The third-order valence-electron chi connectivity index (χ3n) is 2.60. The molecule has 0 fully saturated rings. The smallest absolute Gasteiger partial charge is 0.196 e. The Morgan fingerprint density at radius 3 is 2.58 bits per heavy atom. The quantitative estimate of drug-likeness (QED) is 0.695. The van der Waals surface area contributed by atoms with E-state index in [-0.39, 0.29) is 5.56 Å². The van der Waals surface area contributed by atoms with Crippen LogP contribution in [0.2, 0.25) is 0 Å². The summed E-state index contributed by atoms with van der Waals surface area (Å²) < 4.78 is 19.4. The number of benzene rings is 2. The second-order valence-corrected chi connectivity index (χ2v) is 4.86. The summed E-state index contributed by atoms with van der Waals surface area (Å²) in [5.74, 6) is -0.682. The summed E-state index contributed by atoms with van der Waals surface area (Å²) in [4.78, 5) is 12.2. The number of nitrogens with two attached hydrogens (primary N) is 1. The van der Waals surface area contributed by atoms with E-state index >= 15 is 0 Å². The Labute approximate surface area is 118 Å². The van der Waals surface area contributed by atoms with Crippen molar-refractivity contribution in [2.45, 2.75) is 0 Å². The average Bonchev–Trinajstić information content (AvgIpc) is 2.36. The second-order valence-electron chi connectivity index (χ2n) is 3.95. The SMILES string of the molecule is COc1ccc(C(=O)c2cc(N)cc(Br)c2)c(F)c1. The molecule has 0 atom stereocenters. The highest BCUT2D eigenvalue weighted by atomic mass is 79.9. The molecule has 0 aliphatic heterocycles. The van der Waals surface area contributed by atoms with Gasteiger partial charge in [-0.25, -0.2) is 4.39 Å². The van der Waals surface area contributed by atoms with Gasteiger partial charge in [0.1, 0.15) is 11.6 Å². The van der Waals surface area contributed by atoms with Gasteiger partial charge in [-0.05, 0) is 30.3 Å². The molecule has 0 aromatic heterocycles. The van der Waals surface area contributed by atoms with Crippen molar-refractivity contribution in [3.63, 3.8) is 0 Å². The highest BCUT2D eigenvalue weighted by molar-refractivity contribution is 9.10. The van der Waals surface area contributed by atoms with Gasteiger partial charge < -0.3 is 10.5 Å². The molecule has 0 radical (unpaired) electrons. The Balaban J connectivity index is 2.44. The fourth-order valence-corrected chi connectivity index (χ4v) is 2.22. The highest BCUT2D eigenvalue weighted by Crippen LogP contribution is 2.23. The summed E-state index contributed by atoms with van der Waals surface area (Å²) in [5, 5.41) is 0. The third-order valence-corrected chi connectivity index (χ3v) is 3.06. The molecule has 2 aromatic carbocycles. The van der Waals surface area contributed by atoms with Crippen LogP contribution in [-0.4, -0.2) is 12.9 Å². The van der Waals surface area contributed by atoms with Crippen LogP contribution < -0.4 is 10.5 Å². The number of carbonyl (C=O) groups is 1. The standard InChI is InChI=1S/C14H11BrFNO2/c1-19-11-2-3-12(13(16)7-11)14(18)8-4-9(15)6-10(17)5-8/h2-7H,17H2,1H3. The molecule has 0 bridgehead atoms. The van der Waals surface area contributed by atoms with Crippen molar-refractivity contribution in [3.8, 4) is 5.75 Å². The van der Waals surface area contributed by atoms with Crippen molar-refractivity contribution in [2.24, 2.45) is 0 Å². The molecule has 19 heavy (non-hydrogen) atoms. The third kappa shape index (κ3) is 2.93. The van der Waals surface area contributed by atoms with E-state index in [1.807, 2.05) is 0 Å². The Hall–Kier alpha value is -1.88. The van der Waals surface area contributed by atoms with E-state index < -0.39 is 11.6 Å². The van der Waals surface area contributed by atoms with Gasteiger partial charge in [0, 0.05) is 21.8 Å². The van der Waals surface area contributed by atoms with Crippen LogP contribution in [0.4, 0.5) is 10.1 Å². The number of halogens is 2. The van der Waals surface area contributed by atoms with Gasteiger partial charge >= 0.3 is 0 Å². The monoisotopic (exact) mass is 323 g/mol. The molecule has 0 spiro atoms. The topological polar surface area (TPSA) is 52.3 Å². The lowest BCUT2D eigenvalue weighted by Gasteiger charge is -2.06. The van der Waals surface area contributed by atoms with E-state index in [1.54, 1.807) is 12.1 Å². The van der Waals surface area contributed by atoms with Gasteiger partial charge in [0.15, 0.2) is 5.78 Å². The van der Waals surface area contributed by atoms with Gasteiger partial charge in [0.05, 0.1) is 12.7 Å². The second kappa shape index (κ2) is 5.40. The summed E-state index contributed by atoms with van der Waals surface area (Å²) in [7, 11) is 1.44. The van der Waals surface area contributed by atoms with Crippen LogP contribution in [0, 0.1) is 5.82 Å². The molecule has 98 valence electrons. The number of methoxy groups -OCH3 is 1. The lowest BCUT2D eigenvalue weighted by molar-refractivity contribution is 0.103. The van der Waals surface area contributed by atoms with Gasteiger partial charge in [-0.3, -0.25) is 4.79 Å². The first-order valence-electron chi connectivity index (χ1n) is 5.45. The number of rotatable bonds is 3. The summed E-state index contributed by atoms with van der Waals surface area (Å²) in [6.07, 6.45) is 0. The van der Waals surface area contributed by atoms with Gasteiger partial charge in [0.2, 0.25) is 0 Å². The normalized spacial score (nSPS) is 10.3. The maximum Gasteiger partial charge on any atom is 0.196 e. The zero-order chi connectivity index (χ0) is 14.0. The molecule has 2 rings (SSSR count). The van der Waals surface area contributed by atoms with Crippen LogP contribution in [0.3, 0.4) is 0 Å². The molecule has 0 heterocycles. The molecule has 0 unspecified atom stereocenters. The fourth-order valence-electron chi connectivity index (χ4n) is 1.71. The van der Waals surface area contributed by atoms with Crippen LogP contribution in [0.15, 0.2) is 40.9 Å². The van der Waals surface area contributed by atoms with Crippen molar-refractivity contribution in [1.29, 1.82) is 0 Å². The predicted molar refractivity (Wildman–Crippen MR) is 74.9 cm³/mol. The van der Waals surface area contributed by atoms with E-state index in [0.717, 1.165) is 0 Å². The summed E-state index contributed by atoms with van der Waals surface area (Å²) in [6, 6.07) is 8.89. The minimum atomic E-state index is -0.622. The van der Waals surface area contributed by atoms with Crippen molar-refractivity contribution in [1.82, 2.24) is 0 Å². The molecule has 0 aliphatic carbocycles. The summed E-state index contributed by atoms with van der Waals surface area (Å²) in [6.45, 7) is 0. The molecule has 0 saturated heterocycles. The zero-order valence-electron chi connectivity index (χ0n) is 10.1. The number of nitrogen functional groups attached to an aromatic ring is 1. The number of hydrogen-bond acceptors (Lipinski definition) is 3. The molecule has 2 N–H and O–H groups in total. The Morgan fingerprint density at radius 2 is 2.00 bits per heavy atom. The minimum Gasteiger partial charge on any atom is -0.497 e. The molecular formula is C14H11BrFNO2. The molecule has 3 nitrogen and oxygen atoms in total. The number of ether oxygens (including phenoxy) is 1. The summed E-state index contributed by atoms with van der Waals surface area (Å²) in [5.41, 5.74) is 6.41. The largest absolute Gasteiger partial charge is 0.497 e. The van der Waals surface area contributed by atoms with Crippen molar-refractivity contribution >= 4 is 27.4 Å². The van der Waals surface area contributed by atoms with Gasteiger partial charge in [-0.2, -0.15) is 0 Å². The number of anilines is 1. The van der Waals surface area contributed by atoms with Crippen LogP contribution in [0.5, 0.6) is 5.75 Å². The summed E-state index contributed by atoms with van der Waals surface area (Å²) >= 11 is 3.25. The van der Waals surface area contributed by atoms with Crippen LogP contribution in [0.1, 0.15) is 15.9 Å². The number of ketones is 1. The minimum absolute atomic E-state index is 0.0155. The lowest BCUT2D eigenvalue weighted by atomic mass is 10.0. The van der Waals surface area contributed by atoms with Gasteiger partial charge in [-0.1, -0.05) is 15.9 Å². The highest BCUT2D eigenvalue weighted by Gasteiger charge is 2.15. The van der Waals surface area contributed by atoms with E-state index in [9.17, 15) is 9.18 Å². The van der Waals surface area contributed by atoms with Crippen LogP contribution in [0.25, 0.3) is 0 Å². The van der Waals surface area contributed by atoms with E-state index in [4.69, 9.17) is 10.5 Å². The van der Waals surface area contributed by atoms with Crippen molar-refractivity contribution in [3.05, 3.63) is 57.8 Å². The molecular weight excluding hydrogens is 313 g/mol. The molecule has 0 aliphatic rings. The molecule has 5 heteroatoms. The molecule has 0 saturated carbocycles. The van der Waals surface area contributed by atoms with Gasteiger partial charge in [0.25, 0.3) is 0 Å². The maximum absolute atomic E-state index is 13.8. The number of hydrogen-bond donors (Lipinski definition) is 1. The Bertz CT molecular complexity index is 623. The van der Waals surface area contributed by atoms with E-state index in [0.29, 0.717) is 21.5 Å². The zero-order valence-corrected chi connectivity index (χ0v) is 11.7. The van der Waals surface area contributed by atoms with Gasteiger partial charge in [-0.15, -0.1) is 0 Å². The number of carbonyl (C=O) groups excluding carboxylic acids is 1. The first-order chi connectivity index (χ1) is 9.01. The van der Waals surface area contributed by atoms with E-state index in [1.165, 1.54) is 31.4 Å². The average molecular weight is 324 g/mol. The molecule has 0 amide bonds.